The maximum Gasteiger partial charge on any atom is -0.00972 e. The number of benzene rings is 1. The van der Waals surface area contributed by atoms with E-state index in [2.05, 4.69) is 45.2 Å². The van der Waals surface area contributed by atoms with E-state index in [1.807, 2.05) is 12.2 Å². The largest absolute Gasteiger partial charge is 0.103 e. The summed E-state index contributed by atoms with van der Waals surface area (Å²) in [7, 11) is 0. The third-order valence-electron chi connectivity index (χ3n) is 2.64. The molecule has 0 amide bonds. The topological polar surface area (TPSA) is 0 Å². The predicted molar refractivity (Wildman–Crippen MR) is 72.8 cm³/mol. The van der Waals surface area contributed by atoms with Gasteiger partial charge in [-0.25, -0.2) is 0 Å². The number of rotatable bonds is 6. The third-order valence-corrected chi connectivity index (χ3v) is 2.64. The Hall–Kier alpha value is -1.30. The van der Waals surface area contributed by atoms with E-state index in [1.54, 1.807) is 0 Å². The number of hydrogen-bond acceptors (Lipinski definition) is 0. The van der Waals surface area contributed by atoms with Crippen LogP contribution in [0, 0.1) is 5.92 Å². The van der Waals surface area contributed by atoms with Crippen molar-refractivity contribution in [3.8, 4) is 0 Å². The van der Waals surface area contributed by atoms with Crippen LogP contribution in [0.5, 0.6) is 0 Å². The summed E-state index contributed by atoms with van der Waals surface area (Å²) in [6.45, 7) is 12.1. The molecule has 0 aliphatic heterocycles. The van der Waals surface area contributed by atoms with Crippen molar-refractivity contribution in [2.24, 2.45) is 5.92 Å². The fourth-order valence-electron chi connectivity index (χ4n) is 1.98. The van der Waals surface area contributed by atoms with Gasteiger partial charge in [0.15, 0.2) is 0 Å². The summed E-state index contributed by atoms with van der Waals surface area (Å²) in [6.07, 6.45) is 6.99. The van der Waals surface area contributed by atoms with Crippen LogP contribution in [0.25, 0.3) is 0 Å². The Bertz CT molecular complexity index is 358. The minimum Gasteiger partial charge on any atom is -0.103 e. The Morgan fingerprint density at radius 3 is 2.25 bits per heavy atom. The maximum absolute atomic E-state index is 3.82. The molecular weight excluding hydrogens is 192 g/mol. The molecule has 1 aromatic rings. The van der Waals surface area contributed by atoms with Crippen molar-refractivity contribution in [1.29, 1.82) is 0 Å². The van der Waals surface area contributed by atoms with Gasteiger partial charge in [-0.15, -0.1) is 13.2 Å². The highest BCUT2D eigenvalue weighted by Crippen LogP contribution is 2.17. The highest BCUT2D eigenvalue weighted by molar-refractivity contribution is 5.34. The summed E-state index contributed by atoms with van der Waals surface area (Å²) in [4.78, 5) is 0. The van der Waals surface area contributed by atoms with Gasteiger partial charge in [0.2, 0.25) is 0 Å². The first-order valence-corrected chi connectivity index (χ1v) is 5.99. The molecule has 0 aliphatic carbocycles. The molecule has 1 rings (SSSR count). The van der Waals surface area contributed by atoms with E-state index in [-0.39, 0.29) is 0 Å². The van der Waals surface area contributed by atoms with Crippen molar-refractivity contribution in [3.63, 3.8) is 0 Å². The Morgan fingerprint density at radius 2 is 1.69 bits per heavy atom. The molecule has 0 bridgehead atoms. The minimum absolute atomic E-state index is 0.710. The quantitative estimate of drug-likeness (QED) is 0.618. The summed E-state index contributed by atoms with van der Waals surface area (Å²) >= 11 is 0. The van der Waals surface area contributed by atoms with Gasteiger partial charge in [-0.1, -0.05) is 44.2 Å². The van der Waals surface area contributed by atoms with Crippen LogP contribution in [-0.4, -0.2) is 0 Å². The first kappa shape index (κ1) is 12.8. The first-order valence-electron chi connectivity index (χ1n) is 5.99. The summed E-state index contributed by atoms with van der Waals surface area (Å²) < 4.78 is 0. The molecule has 0 nitrogen and oxygen atoms in total. The van der Waals surface area contributed by atoms with E-state index in [0.717, 1.165) is 19.3 Å². The predicted octanol–water partition coefficient (Wildman–Crippen LogP) is 4.34. The van der Waals surface area contributed by atoms with Crippen LogP contribution in [0.1, 0.15) is 30.5 Å². The van der Waals surface area contributed by atoms with Crippen LogP contribution in [0.4, 0.5) is 0 Å². The van der Waals surface area contributed by atoms with Crippen molar-refractivity contribution < 1.29 is 0 Å². The van der Waals surface area contributed by atoms with Crippen LogP contribution in [0.3, 0.4) is 0 Å². The Labute approximate surface area is 99.7 Å². The number of hydrogen-bond donors (Lipinski definition) is 0. The standard InChI is InChI=1S/C16H22/c1-5-7-15-10-9-14(11-13(3)4)12-16(15)8-6-2/h5-6,9-10,12-13H,1-2,7-8,11H2,3-4H3. The van der Waals surface area contributed by atoms with Crippen molar-refractivity contribution in [2.75, 3.05) is 0 Å². The van der Waals surface area contributed by atoms with E-state index in [0.29, 0.717) is 5.92 Å². The fraction of sp³-hybridized carbons (Fsp3) is 0.375. The molecule has 0 N–H and O–H groups in total. The lowest BCUT2D eigenvalue weighted by Crippen LogP contribution is -1.98. The molecule has 1 aromatic carbocycles. The molecule has 0 aromatic heterocycles. The highest BCUT2D eigenvalue weighted by atomic mass is 14.1. The van der Waals surface area contributed by atoms with Crippen molar-refractivity contribution in [1.82, 2.24) is 0 Å². The zero-order chi connectivity index (χ0) is 12.0. The lowest BCUT2D eigenvalue weighted by Gasteiger charge is -2.10. The van der Waals surface area contributed by atoms with Gasteiger partial charge in [-0.05, 0) is 41.9 Å². The van der Waals surface area contributed by atoms with E-state index < -0.39 is 0 Å². The van der Waals surface area contributed by atoms with Crippen LogP contribution in [0.2, 0.25) is 0 Å². The molecule has 0 aliphatic rings. The van der Waals surface area contributed by atoms with Gasteiger partial charge in [-0.2, -0.15) is 0 Å². The maximum atomic E-state index is 3.82. The lowest BCUT2D eigenvalue weighted by molar-refractivity contribution is 0.646. The Balaban J connectivity index is 2.96. The molecule has 0 saturated heterocycles. The fourth-order valence-corrected chi connectivity index (χ4v) is 1.98. The SMILES string of the molecule is C=CCc1ccc(CC(C)C)cc1CC=C. The lowest BCUT2D eigenvalue weighted by atomic mass is 9.95. The van der Waals surface area contributed by atoms with Crippen LogP contribution >= 0.6 is 0 Å². The van der Waals surface area contributed by atoms with E-state index in [1.165, 1.54) is 16.7 Å². The van der Waals surface area contributed by atoms with Gasteiger partial charge >= 0.3 is 0 Å². The van der Waals surface area contributed by atoms with Gasteiger partial charge in [0.25, 0.3) is 0 Å². The van der Waals surface area contributed by atoms with Crippen molar-refractivity contribution >= 4 is 0 Å². The van der Waals surface area contributed by atoms with Gasteiger partial charge < -0.3 is 0 Å². The van der Waals surface area contributed by atoms with Crippen LogP contribution in [-0.2, 0) is 19.3 Å². The second-order valence-electron chi connectivity index (χ2n) is 4.69. The molecule has 86 valence electrons. The third kappa shape index (κ3) is 3.69. The highest BCUT2D eigenvalue weighted by Gasteiger charge is 2.03. The van der Waals surface area contributed by atoms with Gasteiger partial charge in [0.05, 0.1) is 0 Å². The number of allylic oxidation sites excluding steroid dienone is 2. The molecule has 0 fully saturated rings. The average Bonchev–Trinajstić information content (AvgIpc) is 2.21. The molecule has 0 radical (unpaired) electrons. The van der Waals surface area contributed by atoms with E-state index >= 15 is 0 Å². The second-order valence-corrected chi connectivity index (χ2v) is 4.69. The molecule has 16 heavy (non-hydrogen) atoms. The Morgan fingerprint density at radius 1 is 1.06 bits per heavy atom. The van der Waals surface area contributed by atoms with Gasteiger partial charge in [-0.3, -0.25) is 0 Å². The Kier molecular flexibility index (Phi) is 5.04. The second kappa shape index (κ2) is 6.32. The summed E-state index contributed by atoms with van der Waals surface area (Å²) in [5.74, 6) is 0.710. The van der Waals surface area contributed by atoms with Gasteiger partial charge in [0, 0.05) is 0 Å². The zero-order valence-corrected chi connectivity index (χ0v) is 10.5. The summed E-state index contributed by atoms with van der Waals surface area (Å²) in [5, 5.41) is 0. The summed E-state index contributed by atoms with van der Waals surface area (Å²) in [6, 6.07) is 6.80. The van der Waals surface area contributed by atoms with Crippen LogP contribution < -0.4 is 0 Å². The molecular formula is C16H22. The van der Waals surface area contributed by atoms with Gasteiger partial charge in [0.1, 0.15) is 0 Å². The zero-order valence-electron chi connectivity index (χ0n) is 10.5. The average molecular weight is 214 g/mol. The van der Waals surface area contributed by atoms with Crippen molar-refractivity contribution in [2.45, 2.75) is 33.1 Å². The molecule has 0 unspecified atom stereocenters. The summed E-state index contributed by atoms with van der Waals surface area (Å²) in [5.41, 5.74) is 4.20. The normalized spacial score (nSPS) is 10.4. The molecule has 0 atom stereocenters. The minimum atomic E-state index is 0.710. The van der Waals surface area contributed by atoms with E-state index in [9.17, 15) is 0 Å². The molecule has 0 saturated carbocycles. The molecule has 0 heteroatoms. The van der Waals surface area contributed by atoms with E-state index in [4.69, 9.17) is 0 Å². The smallest absolute Gasteiger partial charge is 0.00972 e. The molecule has 0 spiro atoms. The van der Waals surface area contributed by atoms with Crippen molar-refractivity contribution in [3.05, 3.63) is 60.2 Å². The first-order chi connectivity index (χ1) is 7.67. The monoisotopic (exact) mass is 214 g/mol. The molecule has 0 heterocycles. The van der Waals surface area contributed by atoms with Crippen LogP contribution in [0.15, 0.2) is 43.5 Å².